The number of fused-ring (bicyclic) bond motifs is 1. The van der Waals surface area contributed by atoms with Gasteiger partial charge in [-0.05, 0) is 37.5 Å². The van der Waals surface area contributed by atoms with Crippen LogP contribution in [0.1, 0.15) is 23.4 Å². The lowest BCUT2D eigenvalue weighted by molar-refractivity contribution is 0.577. The summed E-state index contributed by atoms with van der Waals surface area (Å²) < 4.78 is 29.9. The number of nitrogens with one attached hydrogen (secondary N) is 2. The van der Waals surface area contributed by atoms with E-state index in [-0.39, 0.29) is 17.0 Å². The molecule has 2 aromatic heterocycles. The number of aromatic amines is 1. The Morgan fingerprint density at radius 1 is 1.14 bits per heavy atom. The van der Waals surface area contributed by atoms with Crippen LogP contribution in [0.25, 0.3) is 11.2 Å². The third-order valence-electron chi connectivity index (χ3n) is 4.66. The summed E-state index contributed by atoms with van der Waals surface area (Å²) in [6, 6.07) is 5.30. The lowest BCUT2D eigenvalue weighted by Crippen LogP contribution is -2.36. The maximum atomic E-state index is 12.5. The standard InChI is InChI=1S/C18H23N5O4S/c1-11-7-8-12(2)13(10-11)28(26,27)19-9-5-6-14-20-15-16(21-14)22(3)18(25)23(4)17(15)24/h7-8,10,19H,5-6,9H2,1-4H3,(H,20,21). The van der Waals surface area contributed by atoms with Crippen molar-refractivity contribution in [3.05, 3.63) is 56.0 Å². The molecule has 0 amide bonds. The number of aryl methyl sites for hydroxylation is 4. The lowest BCUT2D eigenvalue weighted by atomic mass is 10.2. The minimum atomic E-state index is -3.60. The molecule has 0 saturated carbocycles. The second-order valence-corrected chi connectivity index (χ2v) is 8.59. The number of hydrogen-bond donors (Lipinski definition) is 2. The second-order valence-electron chi connectivity index (χ2n) is 6.86. The van der Waals surface area contributed by atoms with E-state index in [0.717, 1.165) is 10.1 Å². The average Bonchev–Trinajstić information content (AvgIpc) is 3.08. The van der Waals surface area contributed by atoms with Gasteiger partial charge in [0.1, 0.15) is 11.3 Å². The van der Waals surface area contributed by atoms with Crippen LogP contribution in [0.2, 0.25) is 0 Å². The van der Waals surface area contributed by atoms with Crippen LogP contribution in [-0.2, 0) is 30.5 Å². The third kappa shape index (κ3) is 3.65. The molecule has 0 bridgehead atoms. The lowest BCUT2D eigenvalue weighted by Gasteiger charge is -2.09. The van der Waals surface area contributed by atoms with Gasteiger partial charge in [-0.15, -0.1) is 0 Å². The zero-order chi connectivity index (χ0) is 20.6. The second kappa shape index (κ2) is 7.36. The first kappa shape index (κ1) is 20.0. The Balaban J connectivity index is 1.71. The normalized spacial score (nSPS) is 12.0. The summed E-state index contributed by atoms with van der Waals surface area (Å²) in [5, 5.41) is 0. The van der Waals surface area contributed by atoms with Crippen LogP contribution >= 0.6 is 0 Å². The Kier molecular flexibility index (Phi) is 5.26. The average molecular weight is 405 g/mol. The zero-order valence-corrected chi connectivity index (χ0v) is 17.1. The summed E-state index contributed by atoms with van der Waals surface area (Å²) in [6.45, 7) is 3.83. The van der Waals surface area contributed by atoms with E-state index in [0.29, 0.717) is 29.9 Å². The van der Waals surface area contributed by atoms with Gasteiger partial charge in [0.05, 0.1) is 4.90 Å². The molecule has 0 aliphatic rings. The fourth-order valence-corrected chi connectivity index (χ4v) is 4.43. The molecule has 0 aliphatic carbocycles. The molecule has 1 aromatic carbocycles. The van der Waals surface area contributed by atoms with Gasteiger partial charge in [0.15, 0.2) is 5.65 Å². The molecule has 0 radical (unpaired) electrons. The molecule has 2 N–H and O–H groups in total. The topological polar surface area (TPSA) is 119 Å². The van der Waals surface area contributed by atoms with Crippen molar-refractivity contribution in [1.29, 1.82) is 0 Å². The molecule has 0 aliphatic heterocycles. The molecule has 0 atom stereocenters. The molecule has 0 spiro atoms. The highest BCUT2D eigenvalue weighted by Gasteiger charge is 2.17. The Morgan fingerprint density at radius 2 is 1.86 bits per heavy atom. The predicted octanol–water partition coefficient (Wildman–Crippen LogP) is 0.488. The van der Waals surface area contributed by atoms with Crippen LogP contribution < -0.4 is 16.0 Å². The minimum absolute atomic E-state index is 0.226. The monoisotopic (exact) mass is 405 g/mol. The molecular weight excluding hydrogens is 382 g/mol. The summed E-state index contributed by atoms with van der Waals surface area (Å²) in [6.07, 6.45) is 0.916. The SMILES string of the molecule is Cc1ccc(C)c(S(=O)(=O)NCCCc2nc3c([nH]2)c(=O)n(C)c(=O)n3C)c1. The summed E-state index contributed by atoms with van der Waals surface area (Å²) >= 11 is 0. The number of rotatable bonds is 6. The van der Waals surface area contributed by atoms with Crippen LogP contribution in [0.15, 0.2) is 32.7 Å². The summed E-state index contributed by atoms with van der Waals surface area (Å²) in [7, 11) is -0.639. The molecule has 0 saturated heterocycles. The quantitative estimate of drug-likeness (QED) is 0.579. The molecule has 28 heavy (non-hydrogen) atoms. The van der Waals surface area contributed by atoms with Crippen molar-refractivity contribution in [3.8, 4) is 0 Å². The van der Waals surface area contributed by atoms with Gasteiger partial charge in [-0.3, -0.25) is 13.9 Å². The molecule has 3 aromatic rings. The number of aromatic nitrogens is 4. The highest BCUT2D eigenvalue weighted by atomic mass is 32.2. The van der Waals surface area contributed by atoms with Crippen LogP contribution in [0.3, 0.4) is 0 Å². The van der Waals surface area contributed by atoms with Crippen molar-refractivity contribution in [2.24, 2.45) is 14.1 Å². The first-order valence-corrected chi connectivity index (χ1v) is 10.3. The number of imidazole rings is 1. The molecule has 0 fully saturated rings. The van der Waals surface area contributed by atoms with Crippen LogP contribution in [0.4, 0.5) is 0 Å². The highest BCUT2D eigenvalue weighted by Crippen LogP contribution is 2.16. The summed E-state index contributed by atoms with van der Waals surface area (Å²) in [5.41, 5.74) is 1.23. The Morgan fingerprint density at radius 3 is 2.57 bits per heavy atom. The van der Waals surface area contributed by atoms with E-state index in [1.165, 1.54) is 11.6 Å². The van der Waals surface area contributed by atoms with Gasteiger partial charge in [-0.2, -0.15) is 0 Å². The van der Waals surface area contributed by atoms with E-state index >= 15 is 0 Å². The maximum absolute atomic E-state index is 12.5. The Bertz CT molecular complexity index is 1270. The number of nitrogens with zero attached hydrogens (tertiary/aromatic N) is 3. The predicted molar refractivity (Wildman–Crippen MR) is 106 cm³/mol. The molecule has 150 valence electrons. The first-order valence-electron chi connectivity index (χ1n) is 8.83. The van der Waals surface area contributed by atoms with Gasteiger partial charge < -0.3 is 4.98 Å². The molecule has 10 heteroatoms. The van der Waals surface area contributed by atoms with Crippen molar-refractivity contribution in [2.45, 2.75) is 31.6 Å². The largest absolute Gasteiger partial charge is 0.336 e. The highest BCUT2D eigenvalue weighted by molar-refractivity contribution is 7.89. The molecular formula is C18H23N5O4S. The van der Waals surface area contributed by atoms with E-state index in [4.69, 9.17) is 0 Å². The van der Waals surface area contributed by atoms with Crippen molar-refractivity contribution >= 4 is 21.2 Å². The van der Waals surface area contributed by atoms with Gasteiger partial charge >= 0.3 is 5.69 Å². The van der Waals surface area contributed by atoms with Crippen LogP contribution in [-0.4, -0.2) is 34.1 Å². The molecule has 9 nitrogen and oxygen atoms in total. The maximum Gasteiger partial charge on any atom is 0.332 e. The molecule has 3 rings (SSSR count). The van der Waals surface area contributed by atoms with Gasteiger partial charge in [0, 0.05) is 27.1 Å². The zero-order valence-electron chi connectivity index (χ0n) is 16.2. The minimum Gasteiger partial charge on any atom is -0.336 e. The van der Waals surface area contributed by atoms with Gasteiger partial charge in [-0.25, -0.2) is 22.9 Å². The van der Waals surface area contributed by atoms with E-state index in [1.807, 2.05) is 13.0 Å². The summed E-state index contributed by atoms with van der Waals surface area (Å²) in [5.74, 6) is 0.527. The first-order chi connectivity index (χ1) is 13.1. The van der Waals surface area contributed by atoms with Crippen molar-refractivity contribution in [1.82, 2.24) is 23.8 Å². The van der Waals surface area contributed by atoms with Crippen LogP contribution in [0.5, 0.6) is 0 Å². The van der Waals surface area contributed by atoms with Crippen LogP contribution in [0, 0.1) is 13.8 Å². The van der Waals surface area contributed by atoms with E-state index < -0.39 is 21.3 Å². The third-order valence-corrected chi connectivity index (χ3v) is 6.26. The van der Waals surface area contributed by atoms with Crippen molar-refractivity contribution in [2.75, 3.05) is 6.54 Å². The van der Waals surface area contributed by atoms with Crippen molar-refractivity contribution in [3.63, 3.8) is 0 Å². The Labute approximate surface area is 162 Å². The molecule has 0 unspecified atom stereocenters. The number of sulfonamides is 1. The van der Waals surface area contributed by atoms with E-state index in [1.54, 1.807) is 26.1 Å². The number of H-pyrrole nitrogens is 1. The van der Waals surface area contributed by atoms with E-state index in [9.17, 15) is 18.0 Å². The van der Waals surface area contributed by atoms with Gasteiger partial charge in [0.2, 0.25) is 10.0 Å². The van der Waals surface area contributed by atoms with Gasteiger partial charge in [-0.1, -0.05) is 12.1 Å². The number of hydrogen-bond acceptors (Lipinski definition) is 5. The fraction of sp³-hybridized carbons (Fsp3) is 0.389. The smallest absolute Gasteiger partial charge is 0.332 e. The van der Waals surface area contributed by atoms with Gasteiger partial charge in [0.25, 0.3) is 5.56 Å². The number of benzene rings is 1. The van der Waals surface area contributed by atoms with E-state index in [2.05, 4.69) is 14.7 Å². The van der Waals surface area contributed by atoms with Crippen molar-refractivity contribution < 1.29 is 8.42 Å². The summed E-state index contributed by atoms with van der Waals surface area (Å²) in [4.78, 5) is 31.7. The molecule has 2 heterocycles. The Hall–Kier alpha value is -2.72. The fourth-order valence-electron chi connectivity index (χ4n) is 3.03.